The SMILES string of the molecule is N=C(N)c1ccc(CCC(=O)O)c(OCC(CCC(=O)O)NC(=O)C2CCN(c3ccncc3)CC2)c1. The number of aryl methyl sites for hydroxylation is 1. The van der Waals surface area contributed by atoms with E-state index in [2.05, 4.69) is 15.2 Å². The van der Waals surface area contributed by atoms with Crippen molar-refractivity contribution in [1.29, 1.82) is 5.41 Å². The van der Waals surface area contributed by atoms with E-state index in [0.717, 1.165) is 18.8 Å². The van der Waals surface area contributed by atoms with Crippen molar-refractivity contribution in [2.75, 3.05) is 24.6 Å². The van der Waals surface area contributed by atoms with Crippen molar-refractivity contribution < 1.29 is 29.3 Å². The minimum Gasteiger partial charge on any atom is -0.491 e. The van der Waals surface area contributed by atoms with E-state index in [1.54, 1.807) is 30.6 Å². The van der Waals surface area contributed by atoms with E-state index in [4.69, 9.17) is 21.0 Å². The number of anilines is 1. The highest BCUT2D eigenvalue weighted by molar-refractivity contribution is 5.95. The molecular weight excluding hydrogens is 478 g/mol. The summed E-state index contributed by atoms with van der Waals surface area (Å²) in [5, 5.41) is 28.9. The summed E-state index contributed by atoms with van der Waals surface area (Å²) < 4.78 is 5.95. The summed E-state index contributed by atoms with van der Waals surface area (Å²) in [5.74, 6) is -2.08. The number of carboxylic acid groups (broad SMARTS) is 2. The van der Waals surface area contributed by atoms with Crippen LogP contribution in [0.5, 0.6) is 5.75 Å². The maximum Gasteiger partial charge on any atom is 0.303 e. The van der Waals surface area contributed by atoms with Crippen molar-refractivity contribution in [2.45, 2.75) is 44.6 Å². The molecule has 1 aromatic heterocycles. The van der Waals surface area contributed by atoms with Gasteiger partial charge in [-0.15, -0.1) is 0 Å². The minimum atomic E-state index is -0.981. The van der Waals surface area contributed by atoms with Gasteiger partial charge in [0.15, 0.2) is 0 Å². The van der Waals surface area contributed by atoms with Crippen molar-refractivity contribution in [2.24, 2.45) is 11.7 Å². The number of hydrogen-bond donors (Lipinski definition) is 5. The molecule has 198 valence electrons. The molecule has 11 heteroatoms. The normalized spacial score (nSPS) is 14.5. The van der Waals surface area contributed by atoms with Gasteiger partial charge in [0.05, 0.1) is 6.04 Å². The van der Waals surface area contributed by atoms with Gasteiger partial charge in [0.1, 0.15) is 18.2 Å². The van der Waals surface area contributed by atoms with Gasteiger partial charge in [-0.3, -0.25) is 24.8 Å². The Kier molecular flexibility index (Phi) is 9.82. The average molecular weight is 512 g/mol. The molecule has 1 atom stereocenters. The van der Waals surface area contributed by atoms with Gasteiger partial charge in [0.25, 0.3) is 0 Å². The molecule has 1 aromatic carbocycles. The Morgan fingerprint density at radius 1 is 1.11 bits per heavy atom. The summed E-state index contributed by atoms with van der Waals surface area (Å²) in [6.45, 7) is 1.45. The van der Waals surface area contributed by atoms with Crippen molar-refractivity contribution in [3.63, 3.8) is 0 Å². The number of rotatable bonds is 13. The van der Waals surface area contributed by atoms with Gasteiger partial charge in [-0.1, -0.05) is 12.1 Å². The number of pyridine rings is 1. The largest absolute Gasteiger partial charge is 0.491 e. The number of carboxylic acids is 2. The zero-order valence-electron chi connectivity index (χ0n) is 20.6. The fraction of sp³-hybridized carbons (Fsp3) is 0.423. The van der Waals surface area contributed by atoms with Gasteiger partial charge in [-0.2, -0.15) is 0 Å². The van der Waals surface area contributed by atoms with Crippen molar-refractivity contribution in [3.8, 4) is 5.75 Å². The number of amides is 1. The highest BCUT2D eigenvalue weighted by Gasteiger charge is 2.27. The number of nitrogens with zero attached hydrogens (tertiary/aromatic N) is 2. The maximum atomic E-state index is 13.0. The quantitative estimate of drug-likeness (QED) is 0.199. The first kappa shape index (κ1) is 27.4. The molecule has 1 amide bonds. The Bertz CT molecular complexity index is 1100. The summed E-state index contributed by atoms with van der Waals surface area (Å²) in [6.07, 6.45) is 4.95. The third kappa shape index (κ3) is 8.48. The molecule has 0 bridgehead atoms. The van der Waals surface area contributed by atoms with Gasteiger partial charge in [0, 0.05) is 55.5 Å². The lowest BCUT2D eigenvalue weighted by molar-refractivity contribution is -0.138. The number of amidine groups is 1. The molecule has 0 radical (unpaired) electrons. The van der Waals surface area contributed by atoms with Crippen LogP contribution in [0, 0.1) is 11.3 Å². The van der Waals surface area contributed by atoms with Crippen LogP contribution in [0.4, 0.5) is 5.69 Å². The Hall–Kier alpha value is -4.15. The van der Waals surface area contributed by atoms with Gasteiger partial charge in [-0.05, 0) is 49.4 Å². The molecule has 0 spiro atoms. The number of nitrogens with two attached hydrogens (primary N) is 1. The Labute approximate surface area is 215 Å². The highest BCUT2D eigenvalue weighted by atomic mass is 16.5. The molecule has 1 fully saturated rings. The standard InChI is InChI=1S/C26H33N5O6/c27-25(28)19-2-1-17(3-5-23(32)33)22(15-19)37-16-20(4-6-24(34)35)30-26(36)18-9-13-31(14-10-18)21-7-11-29-12-8-21/h1-2,7-8,11-12,15,18,20H,3-6,9-10,13-14,16H2,(H3,27,28)(H,30,36)(H,32,33)(H,34,35). The lowest BCUT2D eigenvalue weighted by Gasteiger charge is -2.33. The molecule has 3 rings (SSSR count). The van der Waals surface area contributed by atoms with E-state index >= 15 is 0 Å². The molecule has 37 heavy (non-hydrogen) atoms. The van der Waals surface area contributed by atoms with Crippen LogP contribution in [-0.2, 0) is 20.8 Å². The molecule has 0 saturated carbocycles. The second-order valence-electron chi connectivity index (χ2n) is 9.05. The zero-order chi connectivity index (χ0) is 26.8. The predicted octanol–water partition coefficient (Wildman–Crippen LogP) is 2.03. The summed E-state index contributed by atoms with van der Waals surface area (Å²) in [7, 11) is 0. The first-order valence-electron chi connectivity index (χ1n) is 12.2. The van der Waals surface area contributed by atoms with Crippen molar-refractivity contribution >= 4 is 29.4 Å². The molecule has 1 saturated heterocycles. The number of carbonyl (C=O) groups excluding carboxylic acids is 1. The Morgan fingerprint density at radius 2 is 1.78 bits per heavy atom. The van der Waals surface area contributed by atoms with E-state index < -0.39 is 18.0 Å². The predicted molar refractivity (Wildman–Crippen MR) is 137 cm³/mol. The summed E-state index contributed by atoms with van der Waals surface area (Å²) in [4.78, 5) is 41.5. The smallest absolute Gasteiger partial charge is 0.303 e. The second-order valence-corrected chi connectivity index (χ2v) is 9.05. The van der Waals surface area contributed by atoms with Crippen LogP contribution in [0.1, 0.15) is 43.2 Å². The van der Waals surface area contributed by atoms with Gasteiger partial charge < -0.3 is 30.9 Å². The molecule has 2 heterocycles. The van der Waals surface area contributed by atoms with E-state index in [1.165, 1.54) is 0 Å². The monoisotopic (exact) mass is 511 g/mol. The van der Waals surface area contributed by atoms with Gasteiger partial charge in [0.2, 0.25) is 5.91 Å². The van der Waals surface area contributed by atoms with Crippen LogP contribution in [0.25, 0.3) is 0 Å². The molecule has 11 nitrogen and oxygen atoms in total. The van der Waals surface area contributed by atoms with E-state index in [1.807, 2.05) is 12.1 Å². The number of benzene rings is 1. The zero-order valence-corrected chi connectivity index (χ0v) is 20.6. The lowest BCUT2D eigenvalue weighted by atomic mass is 9.95. The summed E-state index contributed by atoms with van der Waals surface area (Å²) in [6, 6.07) is 8.15. The van der Waals surface area contributed by atoms with Crippen molar-refractivity contribution in [1.82, 2.24) is 10.3 Å². The number of aliphatic carboxylic acids is 2. The fourth-order valence-electron chi connectivity index (χ4n) is 4.26. The first-order valence-corrected chi connectivity index (χ1v) is 12.2. The van der Waals surface area contributed by atoms with Gasteiger partial charge >= 0.3 is 11.9 Å². The molecule has 6 N–H and O–H groups in total. The molecule has 0 aliphatic carbocycles. The van der Waals surface area contributed by atoms with E-state index in [-0.39, 0.29) is 50.0 Å². The van der Waals surface area contributed by atoms with Gasteiger partial charge in [-0.25, -0.2) is 0 Å². The first-order chi connectivity index (χ1) is 17.7. The molecule has 1 aliphatic rings. The third-order valence-electron chi connectivity index (χ3n) is 6.37. The van der Waals surface area contributed by atoms with E-state index in [0.29, 0.717) is 29.7 Å². The minimum absolute atomic E-state index is 0.00366. The van der Waals surface area contributed by atoms with Crippen LogP contribution < -0.4 is 20.7 Å². The van der Waals surface area contributed by atoms with Crippen molar-refractivity contribution in [3.05, 3.63) is 53.9 Å². The average Bonchev–Trinajstić information content (AvgIpc) is 2.89. The molecule has 2 aromatic rings. The molecule has 1 aliphatic heterocycles. The number of nitrogen functional groups attached to an aromatic ring is 1. The molecular formula is C26H33N5O6. The van der Waals surface area contributed by atoms with Crippen LogP contribution in [0.3, 0.4) is 0 Å². The second kappa shape index (κ2) is 13.2. The number of piperidine rings is 1. The topological polar surface area (TPSA) is 179 Å². The number of aromatic nitrogens is 1. The van der Waals surface area contributed by atoms with E-state index in [9.17, 15) is 19.5 Å². The summed E-state index contributed by atoms with van der Waals surface area (Å²) >= 11 is 0. The van der Waals surface area contributed by atoms with Crippen LogP contribution in [0.2, 0.25) is 0 Å². The highest BCUT2D eigenvalue weighted by Crippen LogP contribution is 2.25. The van der Waals surface area contributed by atoms with Crippen LogP contribution in [0.15, 0.2) is 42.7 Å². The number of hydrogen-bond acceptors (Lipinski definition) is 7. The fourth-order valence-corrected chi connectivity index (χ4v) is 4.26. The number of ether oxygens (including phenoxy) is 1. The maximum absolute atomic E-state index is 13.0. The molecule has 1 unspecified atom stereocenters. The Morgan fingerprint density at radius 3 is 2.41 bits per heavy atom. The number of carbonyl (C=O) groups is 3. The summed E-state index contributed by atoms with van der Waals surface area (Å²) in [5.41, 5.74) is 7.70. The Balaban J connectivity index is 1.64. The number of nitrogens with one attached hydrogen (secondary N) is 2. The lowest BCUT2D eigenvalue weighted by Crippen LogP contribution is -2.46. The van der Waals surface area contributed by atoms with Crippen LogP contribution in [-0.4, -0.2) is 64.6 Å². The third-order valence-corrected chi connectivity index (χ3v) is 6.37. The van der Waals surface area contributed by atoms with Crippen LogP contribution >= 0.6 is 0 Å².